The first kappa shape index (κ1) is 19.3. The van der Waals surface area contributed by atoms with Gasteiger partial charge < -0.3 is 14.2 Å². The van der Waals surface area contributed by atoms with Gasteiger partial charge in [0, 0.05) is 20.1 Å². The van der Waals surface area contributed by atoms with Gasteiger partial charge in [-0.25, -0.2) is 0 Å². The molecule has 1 aromatic carbocycles. The molecular weight excluding hydrogens is 288 g/mol. The van der Waals surface area contributed by atoms with Gasteiger partial charge in [-0.15, -0.1) is 0 Å². The van der Waals surface area contributed by atoms with Crippen molar-refractivity contribution >= 4 is 11.1 Å². The summed E-state index contributed by atoms with van der Waals surface area (Å²) < 4.78 is 16.1. The maximum absolute atomic E-state index is 5.55. The van der Waals surface area contributed by atoms with Crippen molar-refractivity contribution in [2.24, 2.45) is 0 Å². The van der Waals surface area contributed by atoms with Crippen LogP contribution in [-0.4, -0.2) is 26.9 Å². The summed E-state index contributed by atoms with van der Waals surface area (Å²) in [5, 5.41) is 0. The summed E-state index contributed by atoms with van der Waals surface area (Å²) in [7, 11) is 1.70. The first-order valence-corrected chi connectivity index (χ1v) is 8.35. The van der Waals surface area contributed by atoms with Crippen molar-refractivity contribution < 1.29 is 14.2 Å². The molecular formula is C20H30O3. The third kappa shape index (κ3) is 7.89. The topological polar surface area (TPSA) is 27.7 Å². The third-order valence-corrected chi connectivity index (χ3v) is 3.54. The van der Waals surface area contributed by atoms with E-state index in [1.807, 2.05) is 12.5 Å². The predicted octanol–water partition coefficient (Wildman–Crippen LogP) is 5.28. The van der Waals surface area contributed by atoms with Crippen molar-refractivity contribution in [1.29, 1.82) is 0 Å². The number of allylic oxidation sites excluding steroid dienone is 2. The minimum Gasteiger partial charge on any atom is -0.501 e. The lowest BCUT2D eigenvalue weighted by Crippen LogP contribution is -1.95. The second-order valence-corrected chi connectivity index (χ2v) is 5.62. The van der Waals surface area contributed by atoms with Crippen LogP contribution in [0.3, 0.4) is 0 Å². The lowest BCUT2D eigenvalue weighted by molar-refractivity contribution is 0.157. The van der Waals surface area contributed by atoms with Crippen molar-refractivity contribution in [1.82, 2.24) is 0 Å². The van der Waals surface area contributed by atoms with E-state index in [0.717, 1.165) is 43.6 Å². The monoisotopic (exact) mass is 318 g/mol. The van der Waals surface area contributed by atoms with Crippen LogP contribution in [0.4, 0.5) is 0 Å². The number of methoxy groups -OCH3 is 1. The van der Waals surface area contributed by atoms with Crippen LogP contribution in [0.2, 0.25) is 0 Å². The zero-order chi connectivity index (χ0) is 16.9. The third-order valence-electron chi connectivity index (χ3n) is 3.54. The lowest BCUT2D eigenvalue weighted by Gasteiger charge is -2.07. The Kier molecular flexibility index (Phi) is 9.89. The molecule has 1 rings (SSSR count). The predicted molar refractivity (Wildman–Crippen MR) is 97.0 cm³/mol. The van der Waals surface area contributed by atoms with Gasteiger partial charge in [-0.3, -0.25) is 0 Å². The molecule has 0 amide bonds. The van der Waals surface area contributed by atoms with E-state index in [0.29, 0.717) is 6.61 Å². The maximum Gasteiger partial charge on any atom is 0.0895 e. The highest BCUT2D eigenvalue weighted by molar-refractivity contribution is 5.68. The number of hydrogen-bond donors (Lipinski definition) is 0. The average Bonchev–Trinajstić information content (AvgIpc) is 2.58. The van der Waals surface area contributed by atoms with Crippen molar-refractivity contribution in [3.05, 3.63) is 47.9 Å². The number of hydrogen-bond acceptors (Lipinski definition) is 3. The molecule has 0 atom stereocenters. The Morgan fingerprint density at radius 2 is 1.30 bits per heavy atom. The van der Waals surface area contributed by atoms with Crippen LogP contribution in [0, 0.1) is 0 Å². The van der Waals surface area contributed by atoms with E-state index >= 15 is 0 Å². The normalized spacial score (nSPS) is 12.3. The first-order chi connectivity index (χ1) is 11.2. The minimum absolute atomic E-state index is 0.681. The van der Waals surface area contributed by atoms with Crippen molar-refractivity contribution in [3.8, 4) is 0 Å². The van der Waals surface area contributed by atoms with Gasteiger partial charge in [0.25, 0.3) is 0 Å². The van der Waals surface area contributed by atoms with Gasteiger partial charge in [0.1, 0.15) is 0 Å². The van der Waals surface area contributed by atoms with Gasteiger partial charge in [-0.05, 0) is 42.5 Å². The number of rotatable bonds is 11. The SMILES string of the molecule is CCCCO/C=C(\C)c1ccc(/C(C)=C/OCCCOC)cc1. The Labute approximate surface area is 141 Å². The van der Waals surface area contributed by atoms with Gasteiger partial charge in [-0.2, -0.15) is 0 Å². The zero-order valence-electron chi connectivity index (χ0n) is 14.9. The zero-order valence-corrected chi connectivity index (χ0v) is 14.9. The van der Waals surface area contributed by atoms with Gasteiger partial charge >= 0.3 is 0 Å². The molecule has 0 saturated carbocycles. The molecule has 0 bridgehead atoms. The first-order valence-electron chi connectivity index (χ1n) is 8.35. The average molecular weight is 318 g/mol. The second-order valence-electron chi connectivity index (χ2n) is 5.62. The van der Waals surface area contributed by atoms with Crippen LogP contribution in [0.1, 0.15) is 51.2 Å². The Morgan fingerprint density at radius 1 is 0.826 bits per heavy atom. The van der Waals surface area contributed by atoms with Gasteiger partial charge in [-0.1, -0.05) is 37.6 Å². The maximum atomic E-state index is 5.55. The van der Waals surface area contributed by atoms with Gasteiger partial charge in [0.05, 0.1) is 25.7 Å². The summed E-state index contributed by atoms with van der Waals surface area (Å²) in [6.45, 7) is 8.49. The van der Waals surface area contributed by atoms with Crippen molar-refractivity contribution in [3.63, 3.8) is 0 Å². The summed E-state index contributed by atoms with van der Waals surface area (Å²) in [6.07, 6.45) is 6.83. The highest BCUT2D eigenvalue weighted by Gasteiger charge is 2.00. The summed E-state index contributed by atoms with van der Waals surface area (Å²) in [5.41, 5.74) is 4.61. The molecule has 0 saturated heterocycles. The molecule has 128 valence electrons. The molecule has 1 aromatic rings. The van der Waals surface area contributed by atoms with Crippen LogP contribution in [0.5, 0.6) is 0 Å². The van der Waals surface area contributed by atoms with Crippen LogP contribution < -0.4 is 0 Å². The Balaban J connectivity index is 2.52. The fourth-order valence-corrected chi connectivity index (χ4v) is 2.01. The van der Waals surface area contributed by atoms with Crippen LogP contribution in [-0.2, 0) is 14.2 Å². The Bertz CT molecular complexity index is 486. The van der Waals surface area contributed by atoms with E-state index in [1.54, 1.807) is 7.11 Å². The van der Waals surface area contributed by atoms with E-state index in [4.69, 9.17) is 14.2 Å². The molecule has 0 heterocycles. The van der Waals surface area contributed by atoms with Gasteiger partial charge in [0.15, 0.2) is 0 Å². The summed E-state index contributed by atoms with van der Waals surface area (Å²) >= 11 is 0. The molecule has 0 aromatic heterocycles. The fourth-order valence-electron chi connectivity index (χ4n) is 2.01. The minimum atomic E-state index is 0.681. The van der Waals surface area contributed by atoms with E-state index in [9.17, 15) is 0 Å². The van der Waals surface area contributed by atoms with Gasteiger partial charge in [0.2, 0.25) is 0 Å². The molecule has 23 heavy (non-hydrogen) atoms. The molecule has 3 nitrogen and oxygen atoms in total. The summed E-state index contributed by atoms with van der Waals surface area (Å²) in [6, 6.07) is 8.46. The molecule has 0 fully saturated rings. The molecule has 3 heteroatoms. The number of ether oxygens (including phenoxy) is 3. The van der Waals surface area contributed by atoms with E-state index in [1.165, 1.54) is 11.1 Å². The fraction of sp³-hybridized carbons (Fsp3) is 0.500. The molecule has 0 aliphatic carbocycles. The van der Waals surface area contributed by atoms with E-state index < -0.39 is 0 Å². The van der Waals surface area contributed by atoms with E-state index in [-0.39, 0.29) is 0 Å². The smallest absolute Gasteiger partial charge is 0.0895 e. The van der Waals surface area contributed by atoms with Crippen molar-refractivity contribution in [2.45, 2.75) is 40.0 Å². The lowest BCUT2D eigenvalue weighted by atomic mass is 10.0. The summed E-state index contributed by atoms with van der Waals surface area (Å²) in [4.78, 5) is 0. The standard InChI is InChI=1S/C20H30O3/c1-5-6-13-22-15-17(2)19-8-10-20(11-9-19)18(3)16-23-14-7-12-21-4/h8-11,15-16H,5-7,12-14H2,1-4H3/b17-15+,18-16+. The molecule has 0 unspecified atom stereocenters. The van der Waals surface area contributed by atoms with Crippen LogP contribution in [0.15, 0.2) is 36.8 Å². The van der Waals surface area contributed by atoms with Crippen molar-refractivity contribution in [2.75, 3.05) is 26.9 Å². The molecule has 0 aliphatic heterocycles. The highest BCUT2D eigenvalue weighted by atomic mass is 16.5. The number of benzene rings is 1. The summed E-state index contributed by atoms with van der Waals surface area (Å²) in [5.74, 6) is 0. The highest BCUT2D eigenvalue weighted by Crippen LogP contribution is 2.19. The largest absolute Gasteiger partial charge is 0.501 e. The second kappa shape index (κ2) is 11.8. The quantitative estimate of drug-likeness (QED) is 0.410. The molecule has 0 radical (unpaired) electrons. The molecule has 0 aliphatic rings. The van der Waals surface area contributed by atoms with Crippen LogP contribution >= 0.6 is 0 Å². The molecule has 0 N–H and O–H groups in total. The Morgan fingerprint density at radius 3 is 1.74 bits per heavy atom. The Hall–Kier alpha value is -1.74. The number of unbranched alkanes of at least 4 members (excludes halogenated alkanes) is 1. The van der Waals surface area contributed by atoms with E-state index in [2.05, 4.69) is 45.0 Å². The van der Waals surface area contributed by atoms with Crippen LogP contribution in [0.25, 0.3) is 11.1 Å². The molecule has 0 spiro atoms.